The third-order valence-electron chi connectivity index (χ3n) is 15.4. The molecule has 12 aromatic carbocycles. The Morgan fingerprint density at radius 1 is 0.267 bits per heavy atom. The van der Waals surface area contributed by atoms with Crippen molar-refractivity contribution in [2.24, 2.45) is 0 Å². The summed E-state index contributed by atoms with van der Waals surface area (Å²) in [4.78, 5) is 2.39. The molecule has 0 fully saturated rings. The number of nitrogens with zero attached hydrogens (tertiary/aromatic N) is 1. The highest BCUT2D eigenvalue weighted by atomic mass is 16.3. The summed E-state index contributed by atoms with van der Waals surface area (Å²) < 4.78 is 6.53. The van der Waals surface area contributed by atoms with E-state index < -0.39 is 5.41 Å². The fourth-order valence-electron chi connectivity index (χ4n) is 12.0. The molecule has 0 spiro atoms. The molecule has 1 aliphatic carbocycles. The first-order chi connectivity index (χ1) is 37.2. The summed E-state index contributed by atoms with van der Waals surface area (Å²) >= 11 is 0. The number of anilines is 3. The second-order valence-corrected chi connectivity index (χ2v) is 19.5. The van der Waals surface area contributed by atoms with Crippen LogP contribution in [-0.2, 0) is 5.41 Å². The van der Waals surface area contributed by atoms with Crippen molar-refractivity contribution in [1.82, 2.24) is 0 Å². The zero-order valence-electron chi connectivity index (χ0n) is 41.1. The van der Waals surface area contributed by atoms with Crippen LogP contribution in [-0.4, -0.2) is 0 Å². The Kier molecular flexibility index (Phi) is 10.8. The monoisotopic (exact) mass is 955 g/mol. The van der Waals surface area contributed by atoms with Gasteiger partial charge < -0.3 is 9.32 Å². The predicted molar refractivity (Wildman–Crippen MR) is 313 cm³/mol. The molecule has 1 aromatic heterocycles. The van der Waals surface area contributed by atoms with Gasteiger partial charge in [-0.1, -0.05) is 249 Å². The number of fused-ring (bicyclic) bond motifs is 6. The number of rotatable bonds is 10. The van der Waals surface area contributed by atoms with Gasteiger partial charge in [-0.3, -0.25) is 0 Å². The first kappa shape index (κ1) is 44.0. The van der Waals surface area contributed by atoms with Gasteiger partial charge in [-0.2, -0.15) is 0 Å². The van der Waals surface area contributed by atoms with Crippen LogP contribution in [0.5, 0.6) is 0 Å². The van der Waals surface area contributed by atoms with Crippen molar-refractivity contribution in [3.8, 4) is 66.8 Å². The molecule has 1 aliphatic rings. The Morgan fingerprint density at radius 3 is 1.47 bits per heavy atom. The Morgan fingerprint density at radius 2 is 0.760 bits per heavy atom. The maximum atomic E-state index is 6.53. The molecule has 13 aromatic rings. The van der Waals surface area contributed by atoms with Crippen LogP contribution in [0.25, 0.3) is 88.7 Å². The van der Waals surface area contributed by atoms with Gasteiger partial charge in [-0.15, -0.1) is 0 Å². The van der Waals surface area contributed by atoms with Gasteiger partial charge in [0, 0.05) is 33.4 Å². The molecule has 0 unspecified atom stereocenters. The Labute approximate surface area is 437 Å². The van der Waals surface area contributed by atoms with Crippen LogP contribution in [0.4, 0.5) is 17.1 Å². The quantitative estimate of drug-likeness (QED) is 0.136. The van der Waals surface area contributed by atoms with Gasteiger partial charge >= 0.3 is 0 Å². The Bertz CT molecular complexity index is 4160. The van der Waals surface area contributed by atoms with Crippen LogP contribution >= 0.6 is 0 Å². The van der Waals surface area contributed by atoms with E-state index in [2.05, 4.69) is 290 Å². The third-order valence-corrected chi connectivity index (χ3v) is 15.4. The molecule has 0 aliphatic heterocycles. The van der Waals surface area contributed by atoms with E-state index in [4.69, 9.17) is 4.42 Å². The number of furan rings is 1. The van der Waals surface area contributed by atoms with Gasteiger partial charge in [-0.25, -0.2) is 0 Å². The molecule has 0 atom stereocenters. The number of hydrogen-bond acceptors (Lipinski definition) is 2. The van der Waals surface area contributed by atoms with Crippen molar-refractivity contribution in [2.45, 2.75) is 5.41 Å². The largest absolute Gasteiger partial charge is 0.455 e. The van der Waals surface area contributed by atoms with Gasteiger partial charge in [0.2, 0.25) is 0 Å². The van der Waals surface area contributed by atoms with E-state index in [1.165, 1.54) is 66.8 Å². The Balaban J connectivity index is 0.916. The van der Waals surface area contributed by atoms with Crippen LogP contribution in [0.1, 0.15) is 22.3 Å². The smallest absolute Gasteiger partial charge is 0.143 e. The molecule has 75 heavy (non-hydrogen) atoms. The van der Waals surface area contributed by atoms with E-state index >= 15 is 0 Å². The summed E-state index contributed by atoms with van der Waals surface area (Å²) in [6, 6.07) is 108. The van der Waals surface area contributed by atoms with Crippen molar-refractivity contribution in [2.75, 3.05) is 4.90 Å². The number of para-hydroxylation sites is 2. The number of hydrogen-bond donors (Lipinski definition) is 0. The van der Waals surface area contributed by atoms with E-state index in [9.17, 15) is 0 Å². The molecule has 2 nitrogen and oxygen atoms in total. The van der Waals surface area contributed by atoms with Crippen molar-refractivity contribution < 1.29 is 4.42 Å². The van der Waals surface area contributed by atoms with E-state index in [0.29, 0.717) is 0 Å². The summed E-state index contributed by atoms with van der Waals surface area (Å²) in [5, 5.41) is 2.25. The molecule has 0 bridgehead atoms. The highest BCUT2D eigenvalue weighted by Gasteiger charge is 2.46. The van der Waals surface area contributed by atoms with E-state index in [1.54, 1.807) is 0 Å². The van der Waals surface area contributed by atoms with Crippen molar-refractivity contribution >= 4 is 39.0 Å². The maximum absolute atomic E-state index is 6.53. The molecule has 1 heterocycles. The normalized spacial score (nSPS) is 12.4. The molecule has 0 radical (unpaired) electrons. The lowest BCUT2D eigenvalue weighted by molar-refractivity contribution is 0.670. The van der Waals surface area contributed by atoms with Crippen LogP contribution in [0.15, 0.2) is 302 Å². The lowest BCUT2D eigenvalue weighted by Gasteiger charge is -2.34. The second-order valence-electron chi connectivity index (χ2n) is 19.5. The van der Waals surface area contributed by atoms with Crippen LogP contribution in [0.3, 0.4) is 0 Å². The topological polar surface area (TPSA) is 16.4 Å². The fraction of sp³-hybridized carbons (Fsp3) is 0.0137. The predicted octanol–water partition coefficient (Wildman–Crippen LogP) is 19.8. The summed E-state index contributed by atoms with van der Waals surface area (Å²) in [6.07, 6.45) is 0. The molecule has 0 amide bonds. The van der Waals surface area contributed by atoms with Crippen molar-refractivity contribution in [3.63, 3.8) is 0 Å². The second kappa shape index (κ2) is 18.4. The molecule has 0 saturated carbocycles. The highest BCUT2D eigenvalue weighted by Crippen LogP contribution is 2.58. The van der Waals surface area contributed by atoms with Crippen LogP contribution < -0.4 is 4.90 Å². The minimum absolute atomic E-state index is 0.494. The summed E-state index contributed by atoms with van der Waals surface area (Å²) in [5.41, 5.74) is 23.7. The summed E-state index contributed by atoms with van der Waals surface area (Å²) in [7, 11) is 0. The SMILES string of the molecule is c1ccc(-c2ccc(-c3ccc(N(c4ccc(-c5cccc6c5oc5ccccc56)cc4)c4cccc(-c5cccc6c5-c5ccccc5C6(c5ccccc5)c5ccccc5)c4)cc3)c(-c3ccccc3)c2)cc1. The summed E-state index contributed by atoms with van der Waals surface area (Å²) in [6.45, 7) is 0. The van der Waals surface area contributed by atoms with Gasteiger partial charge in [0.1, 0.15) is 11.2 Å². The highest BCUT2D eigenvalue weighted by molar-refractivity contribution is 6.09. The van der Waals surface area contributed by atoms with E-state index in [0.717, 1.165) is 61.3 Å². The molecule has 2 heteroatoms. The van der Waals surface area contributed by atoms with Gasteiger partial charge in [-0.05, 0) is 132 Å². The minimum Gasteiger partial charge on any atom is -0.455 e. The van der Waals surface area contributed by atoms with Crippen LogP contribution in [0, 0.1) is 0 Å². The first-order valence-electron chi connectivity index (χ1n) is 25.8. The van der Waals surface area contributed by atoms with Crippen molar-refractivity contribution in [1.29, 1.82) is 0 Å². The zero-order valence-corrected chi connectivity index (χ0v) is 41.1. The van der Waals surface area contributed by atoms with Gasteiger partial charge in [0.15, 0.2) is 0 Å². The molecule has 0 N–H and O–H groups in total. The third kappa shape index (κ3) is 7.41. The zero-order chi connectivity index (χ0) is 49.7. The summed E-state index contributed by atoms with van der Waals surface area (Å²) in [5.74, 6) is 0. The van der Waals surface area contributed by atoms with Crippen molar-refractivity contribution in [3.05, 3.63) is 320 Å². The molecule has 0 saturated heterocycles. The number of benzene rings is 12. The van der Waals surface area contributed by atoms with Crippen LogP contribution in [0.2, 0.25) is 0 Å². The Hall–Kier alpha value is -9.76. The molecular formula is C73H49NO. The lowest BCUT2D eigenvalue weighted by atomic mass is 9.67. The minimum atomic E-state index is -0.494. The lowest BCUT2D eigenvalue weighted by Crippen LogP contribution is -2.28. The molecular weight excluding hydrogens is 907 g/mol. The van der Waals surface area contributed by atoms with Gasteiger partial charge in [0.25, 0.3) is 0 Å². The fourth-order valence-corrected chi connectivity index (χ4v) is 12.0. The van der Waals surface area contributed by atoms with Gasteiger partial charge in [0.05, 0.1) is 5.41 Å². The maximum Gasteiger partial charge on any atom is 0.143 e. The average molecular weight is 956 g/mol. The first-order valence-corrected chi connectivity index (χ1v) is 25.8. The van der Waals surface area contributed by atoms with E-state index in [1.807, 2.05) is 12.1 Å². The van der Waals surface area contributed by atoms with E-state index in [-0.39, 0.29) is 0 Å². The standard InChI is InChI=1S/C73H49NO/c1-5-20-50(21-6-1)54-42-47-61(67(49-54)51-22-7-2-8-23-51)52-38-43-58(44-39-52)74(59-45-40-53(41-46-59)63-33-18-34-65-64-30-14-16-37-70(64)75-72(63)65)60-29-17-24-55(48-60)62-32-19-36-69-71(62)66-31-13-15-35-68(66)73(69,56-25-9-3-10-26-56)57-27-11-4-12-28-57/h1-49H. The average Bonchev–Trinajstić information content (AvgIpc) is 4.15. The molecule has 352 valence electrons. The molecule has 14 rings (SSSR count).